The lowest BCUT2D eigenvalue weighted by Crippen LogP contribution is -2.22. The lowest BCUT2D eigenvalue weighted by Gasteiger charge is -2.20. The van der Waals surface area contributed by atoms with E-state index in [1.165, 1.54) is 6.42 Å². The van der Waals surface area contributed by atoms with Gasteiger partial charge in [0, 0.05) is 11.8 Å². The third kappa shape index (κ3) is 6.70. The molecule has 1 nitrogen and oxygen atoms in total. The fraction of sp³-hybridized carbons (Fsp3) is 0.929. The van der Waals surface area contributed by atoms with E-state index in [2.05, 4.69) is 27.7 Å². The standard InChI is InChI=1S/C14H28O/c1-10(2)7-8-13(9-11(3)4)14(15)12(5)6/h10-13H,7-9H2,1-6H3/t13-/m1/s1. The van der Waals surface area contributed by atoms with Crippen molar-refractivity contribution in [2.24, 2.45) is 23.7 Å². The van der Waals surface area contributed by atoms with Crippen LogP contribution in [0, 0.1) is 23.7 Å². The summed E-state index contributed by atoms with van der Waals surface area (Å²) in [7, 11) is 0. The van der Waals surface area contributed by atoms with Crippen molar-refractivity contribution in [1.82, 2.24) is 0 Å². The van der Waals surface area contributed by atoms with Gasteiger partial charge in [0.2, 0.25) is 0 Å². The molecule has 0 saturated heterocycles. The molecule has 0 rings (SSSR count). The summed E-state index contributed by atoms with van der Waals surface area (Å²) in [6, 6.07) is 0. The van der Waals surface area contributed by atoms with E-state index in [1.54, 1.807) is 0 Å². The van der Waals surface area contributed by atoms with Gasteiger partial charge in [-0.25, -0.2) is 0 Å². The van der Waals surface area contributed by atoms with Crippen LogP contribution in [-0.2, 0) is 4.79 Å². The summed E-state index contributed by atoms with van der Waals surface area (Å²) in [5, 5.41) is 0. The summed E-state index contributed by atoms with van der Waals surface area (Å²) in [5.74, 6) is 2.29. The zero-order valence-corrected chi connectivity index (χ0v) is 11.3. The van der Waals surface area contributed by atoms with Gasteiger partial charge in [-0.05, 0) is 24.7 Å². The second-order valence-corrected chi connectivity index (χ2v) is 5.85. The Morgan fingerprint density at radius 3 is 1.73 bits per heavy atom. The van der Waals surface area contributed by atoms with E-state index < -0.39 is 0 Å². The van der Waals surface area contributed by atoms with Crippen molar-refractivity contribution in [3.05, 3.63) is 0 Å². The number of hydrogen-bond acceptors (Lipinski definition) is 1. The number of carbonyl (C=O) groups is 1. The molecule has 0 aromatic rings. The van der Waals surface area contributed by atoms with Gasteiger partial charge in [0.15, 0.2) is 0 Å². The fourth-order valence-corrected chi connectivity index (χ4v) is 1.95. The molecule has 0 saturated carbocycles. The van der Waals surface area contributed by atoms with Crippen molar-refractivity contribution < 1.29 is 4.79 Å². The molecule has 0 aromatic heterocycles. The highest BCUT2D eigenvalue weighted by atomic mass is 16.1. The lowest BCUT2D eigenvalue weighted by molar-refractivity contribution is -0.126. The van der Waals surface area contributed by atoms with Gasteiger partial charge in [0.1, 0.15) is 5.78 Å². The summed E-state index contributed by atoms with van der Waals surface area (Å²) >= 11 is 0. The first-order chi connectivity index (χ1) is 6.84. The van der Waals surface area contributed by atoms with Gasteiger partial charge in [-0.1, -0.05) is 48.0 Å². The van der Waals surface area contributed by atoms with E-state index >= 15 is 0 Å². The van der Waals surface area contributed by atoms with E-state index in [-0.39, 0.29) is 5.92 Å². The van der Waals surface area contributed by atoms with Crippen LogP contribution in [0.2, 0.25) is 0 Å². The smallest absolute Gasteiger partial charge is 0.138 e. The van der Waals surface area contributed by atoms with Crippen LogP contribution < -0.4 is 0 Å². The summed E-state index contributed by atoms with van der Waals surface area (Å²) in [4.78, 5) is 12.0. The highest BCUT2D eigenvalue weighted by Crippen LogP contribution is 2.23. The average molecular weight is 212 g/mol. The van der Waals surface area contributed by atoms with Gasteiger partial charge in [-0.15, -0.1) is 0 Å². The van der Waals surface area contributed by atoms with Gasteiger partial charge in [0.05, 0.1) is 0 Å². The lowest BCUT2D eigenvalue weighted by atomic mass is 9.83. The maximum absolute atomic E-state index is 12.0. The van der Waals surface area contributed by atoms with Gasteiger partial charge in [-0.2, -0.15) is 0 Å². The van der Waals surface area contributed by atoms with Crippen LogP contribution in [-0.4, -0.2) is 5.78 Å². The molecule has 0 spiro atoms. The first-order valence-corrected chi connectivity index (χ1v) is 6.38. The van der Waals surface area contributed by atoms with Crippen LogP contribution in [0.5, 0.6) is 0 Å². The summed E-state index contributed by atoms with van der Waals surface area (Å²) in [5.41, 5.74) is 0. The fourth-order valence-electron chi connectivity index (χ4n) is 1.95. The molecule has 1 atom stereocenters. The number of rotatable bonds is 7. The Balaban J connectivity index is 4.24. The molecule has 0 unspecified atom stereocenters. The summed E-state index contributed by atoms with van der Waals surface area (Å²) in [6.07, 6.45) is 3.31. The van der Waals surface area contributed by atoms with Crippen LogP contribution in [0.3, 0.4) is 0 Å². The number of ketones is 1. The highest BCUT2D eigenvalue weighted by Gasteiger charge is 2.21. The highest BCUT2D eigenvalue weighted by molar-refractivity contribution is 5.82. The molecule has 0 aliphatic rings. The Labute approximate surface area is 95.6 Å². The Morgan fingerprint density at radius 2 is 1.40 bits per heavy atom. The second kappa shape index (κ2) is 7.03. The Morgan fingerprint density at radius 1 is 0.867 bits per heavy atom. The molecular formula is C14H28O. The van der Waals surface area contributed by atoms with Crippen LogP contribution in [0.15, 0.2) is 0 Å². The minimum absolute atomic E-state index is 0.195. The number of Topliss-reactive ketones (excluding diaryl/α,β-unsaturated/α-hetero) is 1. The first-order valence-electron chi connectivity index (χ1n) is 6.38. The molecule has 0 N–H and O–H groups in total. The topological polar surface area (TPSA) is 17.1 Å². The summed E-state index contributed by atoms with van der Waals surface area (Å²) < 4.78 is 0. The van der Waals surface area contributed by atoms with E-state index in [0.717, 1.165) is 12.8 Å². The Hall–Kier alpha value is -0.330. The molecule has 0 amide bonds. The normalized spacial score (nSPS) is 13.9. The van der Waals surface area contributed by atoms with Crippen molar-refractivity contribution in [2.75, 3.05) is 0 Å². The minimum atomic E-state index is 0.195. The predicted molar refractivity (Wildman–Crippen MR) is 66.9 cm³/mol. The molecule has 0 aliphatic carbocycles. The quantitative estimate of drug-likeness (QED) is 0.614. The molecule has 0 radical (unpaired) electrons. The molecule has 90 valence electrons. The van der Waals surface area contributed by atoms with E-state index in [9.17, 15) is 4.79 Å². The van der Waals surface area contributed by atoms with Crippen molar-refractivity contribution in [3.63, 3.8) is 0 Å². The molecular weight excluding hydrogens is 184 g/mol. The zero-order valence-electron chi connectivity index (χ0n) is 11.3. The maximum Gasteiger partial charge on any atom is 0.138 e. The zero-order chi connectivity index (χ0) is 12.0. The maximum atomic E-state index is 12.0. The van der Waals surface area contributed by atoms with Crippen LogP contribution in [0.25, 0.3) is 0 Å². The molecule has 0 heterocycles. The van der Waals surface area contributed by atoms with Crippen molar-refractivity contribution in [1.29, 1.82) is 0 Å². The van der Waals surface area contributed by atoms with Crippen molar-refractivity contribution in [2.45, 2.75) is 60.8 Å². The van der Waals surface area contributed by atoms with Crippen molar-refractivity contribution in [3.8, 4) is 0 Å². The van der Waals surface area contributed by atoms with Crippen molar-refractivity contribution >= 4 is 5.78 Å². The minimum Gasteiger partial charge on any atom is -0.299 e. The molecule has 15 heavy (non-hydrogen) atoms. The largest absolute Gasteiger partial charge is 0.299 e. The third-order valence-corrected chi connectivity index (χ3v) is 2.82. The average Bonchev–Trinajstić information content (AvgIpc) is 2.10. The monoisotopic (exact) mass is 212 g/mol. The third-order valence-electron chi connectivity index (χ3n) is 2.82. The van der Waals surface area contributed by atoms with Crippen LogP contribution in [0.4, 0.5) is 0 Å². The molecule has 0 aromatic carbocycles. The van der Waals surface area contributed by atoms with E-state index in [0.29, 0.717) is 23.5 Å². The van der Waals surface area contributed by atoms with Crippen LogP contribution in [0.1, 0.15) is 60.8 Å². The Bertz CT molecular complexity index is 180. The van der Waals surface area contributed by atoms with Crippen LogP contribution >= 0.6 is 0 Å². The van der Waals surface area contributed by atoms with Gasteiger partial charge >= 0.3 is 0 Å². The molecule has 0 fully saturated rings. The van der Waals surface area contributed by atoms with E-state index in [1.807, 2.05) is 13.8 Å². The molecule has 0 aliphatic heterocycles. The molecule has 0 bridgehead atoms. The summed E-state index contributed by atoms with van der Waals surface area (Å²) in [6.45, 7) is 12.9. The Kier molecular flexibility index (Phi) is 6.87. The number of hydrogen-bond donors (Lipinski definition) is 0. The van der Waals surface area contributed by atoms with E-state index in [4.69, 9.17) is 0 Å². The predicted octanol–water partition coefficient (Wildman–Crippen LogP) is 4.31. The van der Waals surface area contributed by atoms with Gasteiger partial charge in [-0.3, -0.25) is 4.79 Å². The number of carbonyl (C=O) groups excluding carboxylic acids is 1. The van der Waals surface area contributed by atoms with Gasteiger partial charge in [0.25, 0.3) is 0 Å². The SMILES string of the molecule is CC(C)CC[C@H](CC(C)C)C(=O)C(C)C. The van der Waals surface area contributed by atoms with Gasteiger partial charge < -0.3 is 0 Å². The first kappa shape index (κ1) is 14.7. The molecule has 1 heteroatoms. The second-order valence-electron chi connectivity index (χ2n) is 5.85.